The zero-order valence-corrected chi connectivity index (χ0v) is 24.3. The van der Waals surface area contributed by atoms with E-state index in [0.29, 0.717) is 28.6 Å². The molecule has 0 aliphatic carbocycles. The Morgan fingerprint density at radius 3 is 2.24 bits per heavy atom. The molecule has 0 radical (unpaired) electrons. The second-order valence-electron chi connectivity index (χ2n) is 9.35. The maximum atomic E-state index is 13.8. The SMILES string of the molecule is COc1cccc(OC)c1-n1c(NS(=O)(=O)C(C)C(OCC(C)=O)c2ncc(C)cn2)nnc1-c1cncc(C)c1. The van der Waals surface area contributed by atoms with Gasteiger partial charge in [-0.15, -0.1) is 10.2 Å². The Bertz CT molecular complexity index is 1620. The fourth-order valence-electron chi connectivity index (χ4n) is 4.04. The number of pyridine rings is 1. The summed E-state index contributed by atoms with van der Waals surface area (Å²) in [5.74, 6) is 0.769. The third kappa shape index (κ3) is 6.49. The lowest BCUT2D eigenvalue weighted by Gasteiger charge is -2.24. The van der Waals surface area contributed by atoms with Crippen molar-refractivity contribution in [1.29, 1.82) is 0 Å². The summed E-state index contributed by atoms with van der Waals surface area (Å²) in [4.78, 5) is 24.4. The summed E-state index contributed by atoms with van der Waals surface area (Å²) in [5, 5.41) is 7.25. The third-order valence-electron chi connectivity index (χ3n) is 6.09. The van der Waals surface area contributed by atoms with Crippen molar-refractivity contribution in [3.63, 3.8) is 0 Å². The molecule has 0 spiro atoms. The van der Waals surface area contributed by atoms with Crippen molar-refractivity contribution in [2.75, 3.05) is 25.5 Å². The van der Waals surface area contributed by atoms with Gasteiger partial charge in [0, 0.05) is 30.4 Å². The van der Waals surface area contributed by atoms with Crippen LogP contribution in [-0.2, 0) is 19.6 Å². The molecular formula is C27H31N7O6S. The molecule has 3 aromatic heterocycles. The number of aryl methyl sites for hydroxylation is 2. The van der Waals surface area contributed by atoms with Crippen LogP contribution in [-0.4, -0.2) is 70.0 Å². The summed E-state index contributed by atoms with van der Waals surface area (Å²) in [6.07, 6.45) is 5.22. The predicted molar refractivity (Wildman–Crippen MR) is 151 cm³/mol. The lowest BCUT2D eigenvalue weighted by atomic mass is 10.2. The van der Waals surface area contributed by atoms with E-state index in [2.05, 4.69) is 29.9 Å². The van der Waals surface area contributed by atoms with E-state index in [9.17, 15) is 13.2 Å². The first-order valence-electron chi connectivity index (χ1n) is 12.6. The maximum Gasteiger partial charge on any atom is 0.243 e. The van der Waals surface area contributed by atoms with E-state index in [4.69, 9.17) is 14.2 Å². The van der Waals surface area contributed by atoms with Crippen molar-refractivity contribution in [2.24, 2.45) is 0 Å². The minimum absolute atomic E-state index is 0.120. The van der Waals surface area contributed by atoms with Gasteiger partial charge in [0.1, 0.15) is 35.1 Å². The third-order valence-corrected chi connectivity index (χ3v) is 7.79. The van der Waals surface area contributed by atoms with Gasteiger partial charge in [0.15, 0.2) is 17.4 Å². The van der Waals surface area contributed by atoms with Crippen molar-refractivity contribution in [3.8, 4) is 28.6 Å². The van der Waals surface area contributed by atoms with Crippen LogP contribution in [0.25, 0.3) is 17.1 Å². The van der Waals surface area contributed by atoms with Crippen molar-refractivity contribution < 1.29 is 27.4 Å². The van der Waals surface area contributed by atoms with Crippen LogP contribution in [0.5, 0.6) is 11.5 Å². The number of para-hydroxylation sites is 1. The summed E-state index contributed by atoms with van der Waals surface area (Å²) in [7, 11) is -1.28. The summed E-state index contributed by atoms with van der Waals surface area (Å²) >= 11 is 0. The number of benzene rings is 1. The number of anilines is 1. The highest BCUT2D eigenvalue weighted by molar-refractivity contribution is 7.93. The first-order valence-corrected chi connectivity index (χ1v) is 14.1. The Hall–Kier alpha value is -4.43. The highest BCUT2D eigenvalue weighted by Crippen LogP contribution is 2.38. The minimum atomic E-state index is -4.25. The average Bonchev–Trinajstić information content (AvgIpc) is 3.35. The lowest BCUT2D eigenvalue weighted by Crippen LogP contribution is -2.34. The molecule has 14 heteroatoms. The highest BCUT2D eigenvalue weighted by atomic mass is 32.2. The molecule has 216 valence electrons. The smallest absolute Gasteiger partial charge is 0.243 e. The number of ether oxygens (including phenoxy) is 3. The number of rotatable bonds is 12. The molecule has 0 bridgehead atoms. The molecular weight excluding hydrogens is 550 g/mol. The van der Waals surface area contributed by atoms with Gasteiger partial charge in [-0.1, -0.05) is 6.07 Å². The molecule has 4 aromatic rings. The molecule has 0 saturated heterocycles. The molecule has 3 heterocycles. The fraction of sp³-hybridized carbons (Fsp3) is 0.333. The monoisotopic (exact) mass is 581 g/mol. The van der Waals surface area contributed by atoms with Gasteiger partial charge in [0.2, 0.25) is 16.0 Å². The molecule has 0 aliphatic heterocycles. The van der Waals surface area contributed by atoms with E-state index < -0.39 is 21.4 Å². The van der Waals surface area contributed by atoms with Crippen LogP contribution >= 0.6 is 0 Å². The Labute approximate surface area is 238 Å². The van der Waals surface area contributed by atoms with Gasteiger partial charge >= 0.3 is 0 Å². The lowest BCUT2D eigenvalue weighted by molar-refractivity contribution is -0.123. The molecule has 0 amide bonds. The van der Waals surface area contributed by atoms with Gasteiger partial charge in [-0.3, -0.25) is 19.1 Å². The van der Waals surface area contributed by atoms with Crippen LogP contribution in [0, 0.1) is 13.8 Å². The van der Waals surface area contributed by atoms with Crippen LogP contribution in [0.1, 0.15) is 36.9 Å². The number of nitrogens with zero attached hydrogens (tertiary/aromatic N) is 6. The average molecular weight is 582 g/mol. The van der Waals surface area contributed by atoms with Crippen LogP contribution in [0.2, 0.25) is 0 Å². The Balaban J connectivity index is 1.84. The molecule has 0 fully saturated rings. The van der Waals surface area contributed by atoms with Crippen molar-refractivity contribution in [2.45, 2.75) is 39.0 Å². The van der Waals surface area contributed by atoms with Crippen LogP contribution in [0.4, 0.5) is 5.95 Å². The number of hydrogen-bond acceptors (Lipinski definition) is 11. The van der Waals surface area contributed by atoms with Gasteiger partial charge < -0.3 is 14.2 Å². The van der Waals surface area contributed by atoms with Gasteiger partial charge in [-0.25, -0.2) is 18.4 Å². The second-order valence-corrected chi connectivity index (χ2v) is 11.4. The molecule has 0 aliphatic rings. The van der Waals surface area contributed by atoms with E-state index in [-0.39, 0.29) is 24.2 Å². The summed E-state index contributed by atoms with van der Waals surface area (Å²) < 4.78 is 48.6. The number of Topliss-reactive ketones (excluding diaryl/α,β-unsaturated/α-hetero) is 1. The number of hydrogen-bond donors (Lipinski definition) is 1. The number of ketones is 1. The van der Waals surface area contributed by atoms with Crippen LogP contribution < -0.4 is 14.2 Å². The number of aromatic nitrogens is 6. The molecule has 4 rings (SSSR count). The van der Waals surface area contributed by atoms with E-state index in [0.717, 1.165) is 11.1 Å². The second kappa shape index (κ2) is 12.4. The highest BCUT2D eigenvalue weighted by Gasteiger charge is 2.36. The largest absolute Gasteiger partial charge is 0.494 e. The first-order chi connectivity index (χ1) is 19.6. The molecule has 41 heavy (non-hydrogen) atoms. The Morgan fingerprint density at radius 2 is 1.66 bits per heavy atom. The molecule has 13 nitrogen and oxygen atoms in total. The molecule has 1 aromatic carbocycles. The van der Waals surface area contributed by atoms with Crippen LogP contribution in [0.3, 0.4) is 0 Å². The number of carbonyl (C=O) groups is 1. The number of carbonyl (C=O) groups excluding carboxylic acids is 1. The van der Waals surface area contributed by atoms with E-state index >= 15 is 0 Å². The van der Waals surface area contributed by atoms with E-state index in [1.807, 2.05) is 13.0 Å². The van der Waals surface area contributed by atoms with Crippen molar-refractivity contribution in [3.05, 3.63) is 66.0 Å². The van der Waals surface area contributed by atoms with E-state index in [1.165, 1.54) is 32.6 Å². The number of nitrogens with one attached hydrogen (secondary N) is 1. The number of methoxy groups -OCH3 is 2. The Kier molecular flexibility index (Phi) is 8.93. The fourth-order valence-corrected chi connectivity index (χ4v) is 5.14. The molecule has 2 atom stereocenters. The number of sulfonamides is 1. The summed E-state index contributed by atoms with van der Waals surface area (Å²) in [5.41, 5.74) is 2.60. The van der Waals surface area contributed by atoms with Gasteiger partial charge in [0.05, 0.1) is 14.2 Å². The normalized spacial score (nSPS) is 12.9. The zero-order valence-electron chi connectivity index (χ0n) is 23.5. The van der Waals surface area contributed by atoms with Gasteiger partial charge in [-0.2, -0.15) is 0 Å². The predicted octanol–water partition coefficient (Wildman–Crippen LogP) is 3.23. The summed E-state index contributed by atoms with van der Waals surface area (Å²) in [6.45, 7) is 6.14. The summed E-state index contributed by atoms with van der Waals surface area (Å²) in [6, 6.07) is 7.00. The van der Waals surface area contributed by atoms with E-state index in [1.54, 1.807) is 49.9 Å². The molecule has 1 N–H and O–H groups in total. The standard InChI is InChI=1S/C27H31N7O6S/c1-16-10-20(14-28-11-16)26-31-32-27(34(26)23-21(38-5)8-7-9-22(23)39-6)33-41(36,37)19(4)24(40-15-18(3)35)25-29-12-17(2)13-30-25/h7-14,19,24H,15H2,1-6H3,(H,32,33). The molecule has 2 unspecified atom stereocenters. The minimum Gasteiger partial charge on any atom is -0.494 e. The Morgan fingerprint density at radius 1 is 1.00 bits per heavy atom. The van der Waals surface area contributed by atoms with Gasteiger partial charge in [0.25, 0.3) is 0 Å². The van der Waals surface area contributed by atoms with Crippen molar-refractivity contribution in [1.82, 2.24) is 29.7 Å². The van der Waals surface area contributed by atoms with Crippen molar-refractivity contribution >= 4 is 21.8 Å². The molecule has 0 saturated carbocycles. The van der Waals surface area contributed by atoms with Gasteiger partial charge in [-0.05, 0) is 57.0 Å². The maximum absolute atomic E-state index is 13.8. The zero-order chi connectivity index (χ0) is 29.7. The van der Waals surface area contributed by atoms with Crippen LogP contribution in [0.15, 0.2) is 49.1 Å². The topological polar surface area (TPSA) is 160 Å². The first kappa shape index (κ1) is 29.6. The quantitative estimate of drug-likeness (QED) is 0.262.